The maximum absolute atomic E-state index is 12.8. The van der Waals surface area contributed by atoms with Crippen LogP contribution in [0.15, 0.2) is 53.6 Å². The van der Waals surface area contributed by atoms with E-state index in [4.69, 9.17) is 9.47 Å². The van der Waals surface area contributed by atoms with Crippen molar-refractivity contribution in [2.75, 3.05) is 51.8 Å². The largest absolute Gasteiger partial charge is 0.490 e. The van der Waals surface area contributed by atoms with Crippen LogP contribution in [-0.4, -0.2) is 80.1 Å². The summed E-state index contributed by atoms with van der Waals surface area (Å²) in [4.78, 5) is 11.6. The highest BCUT2D eigenvalue weighted by Crippen LogP contribution is 2.25. The summed E-state index contributed by atoms with van der Waals surface area (Å²) in [5.74, 6) is 1.25. The second-order valence-corrected chi connectivity index (χ2v) is 10.6. The highest BCUT2D eigenvalue weighted by Gasteiger charge is 2.26. The normalized spacial score (nSPS) is 18.7. The Kier molecular flexibility index (Phi) is 6.64. The number of aromatic nitrogens is 2. The predicted octanol–water partition coefficient (Wildman–Crippen LogP) is 2.87. The Hall–Kier alpha value is -2.79. The van der Waals surface area contributed by atoms with Crippen molar-refractivity contribution in [2.24, 2.45) is 0 Å². The number of ether oxygens (including phenoxy) is 2. The molecule has 5 rings (SSSR count). The fourth-order valence-corrected chi connectivity index (χ4v) is 5.62. The van der Waals surface area contributed by atoms with Gasteiger partial charge < -0.3 is 19.7 Å². The molecule has 0 aliphatic carbocycles. The zero-order chi connectivity index (χ0) is 23.5. The maximum atomic E-state index is 12.8. The van der Waals surface area contributed by atoms with E-state index in [0.717, 1.165) is 42.6 Å². The number of piperidine rings is 1. The molecular formula is C24H29N5O4S. The number of morpholine rings is 1. The second kappa shape index (κ2) is 9.83. The molecule has 3 heterocycles. The third-order valence-electron chi connectivity index (χ3n) is 6.24. The highest BCUT2D eigenvalue weighted by atomic mass is 32.2. The fourth-order valence-electron chi connectivity index (χ4n) is 4.21. The molecule has 0 unspecified atom stereocenters. The van der Waals surface area contributed by atoms with Crippen molar-refractivity contribution in [2.45, 2.75) is 23.8 Å². The van der Waals surface area contributed by atoms with Gasteiger partial charge in [0.15, 0.2) is 0 Å². The number of likely N-dealkylation sites (tertiary alicyclic amines) is 1. The molecule has 180 valence electrons. The fraction of sp³-hybridized carbons (Fsp3) is 0.417. The standard InChI is InChI=1S/C24H29N5O4S/c1-28-10-8-20(9-11-28)33-21-5-2-18-17-25-24(27-23(18)16-21)26-19-3-6-22(7-4-19)34(30,31)29-12-14-32-15-13-29/h2-7,16-17,20H,8-15H2,1H3,(H,25,26,27). The summed E-state index contributed by atoms with van der Waals surface area (Å²) in [6, 6.07) is 12.5. The number of nitrogens with one attached hydrogen (secondary N) is 1. The van der Waals surface area contributed by atoms with Crippen LogP contribution in [0.2, 0.25) is 0 Å². The quantitative estimate of drug-likeness (QED) is 0.572. The molecule has 34 heavy (non-hydrogen) atoms. The van der Waals surface area contributed by atoms with Gasteiger partial charge in [-0.3, -0.25) is 0 Å². The molecule has 0 saturated carbocycles. The molecule has 2 aromatic carbocycles. The van der Waals surface area contributed by atoms with Crippen molar-refractivity contribution < 1.29 is 17.9 Å². The van der Waals surface area contributed by atoms with Gasteiger partial charge in [0.2, 0.25) is 16.0 Å². The minimum absolute atomic E-state index is 0.223. The lowest BCUT2D eigenvalue weighted by atomic mass is 10.1. The molecule has 9 nitrogen and oxygen atoms in total. The first-order valence-corrected chi connectivity index (χ1v) is 13.0. The van der Waals surface area contributed by atoms with Crippen LogP contribution in [0, 0.1) is 0 Å². The number of sulfonamides is 1. The maximum Gasteiger partial charge on any atom is 0.243 e. The summed E-state index contributed by atoms with van der Waals surface area (Å²) < 4.78 is 38.5. The van der Waals surface area contributed by atoms with Crippen LogP contribution in [0.25, 0.3) is 10.9 Å². The van der Waals surface area contributed by atoms with Crippen molar-refractivity contribution in [3.63, 3.8) is 0 Å². The monoisotopic (exact) mass is 483 g/mol. The van der Waals surface area contributed by atoms with Gasteiger partial charge >= 0.3 is 0 Å². The van der Waals surface area contributed by atoms with Gasteiger partial charge in [-0.05, 0) is 56.3 Å². The molecule has 0 atom stereocenters. The summed E-state index contributed by atoms with van der Waals surface area (Å²) in [6.07, 6.45) is 4.02. The molecule has 3 aromatic rings. The van der Waals surface area contributed by atoms with E-state index >= 15 is 0 Å². The van der Waals surface area contributed by atoms with Gasteiger partial charge in [-0.25, -0.2) is 18.4 Å². The van der Waals surface area contributed by atoms with E-state index in [0.29, 0.717) is 37.9 Å². The van der Waals surface area contributed by atoms with E-state index in [1.54, 1.807) is 30.5 Å². The molecule has 0 radical (unpaired) electrons. The first-order valence-electron chi connectivity index (χ1n) is 11.5. The average molecular weight is 484 g/mol. The highest BCUT2D eigenvalue weighted by molar-refractivity contribution is 7.89. The van der Waals surface area contributed by atoms with Gasteiger partial charge in [-0.2, -0.15) is 4.31 Å². The number of hydrogen-bond donors (Lipinski definition) is 1. The van der Waals surface area contributed by atoms with Crippen molar-refractivity contribution in [3.05, 3.63) is 48.7 Å². The van der Waals surface area contributed by atoms with E-state index in [1.165, 1.54) is 4.31 Å². The Morgan fingerprint density at radius 2 is 1.76 bits per heavy atom. The number of nitrogens with zero attached hydrogens (tertiary/aromatic N) is 4. The Bertz CT molecular complexity index is 1240. The molecule has 2 aliphatic rings. The van der Waals surface area contributed by atoms with E-state index in [1.807, 2.05) is 18.2 Å². The molecular weight excluding hydrogens is 454 g/mol. The number of anilines is 2. The summed E-state index contributed by atoms with van der Waals surface area (Å²) >= 11 is 0. The average Bonchev–Trinajstić information content (AvgIpc) is 2.86. The molecule has 0 bridgehead atoms. The van der Waals surface area contributed by atoms with Gasteiger partial charge in [0.1, 0.15) is 11.9 Å². The summed E-state index contributed by atoms with van der Waals surface area (Å²) in [6.45, 7) is 3.67. The molecule has 2 fully saturated rings. The third kappa shape index (κ3) is 5.15. The van der Waals surface area contributed by atoms with Crippen molar-refractivity contribution in [3.8, 4) is 5.75 Å². The second-order valence-electron chi connectivity index (χ2n) is 8.70. The Morgan fingerprint density at radius 3 is 2.50 bits per heavy atom. The first-order chi connectivity index (χ1) is 16.5. The minimum atomic E-state index is -3.52. The van der Waals surface area contributed by atoms with Crippen LogP contribution < -0.4 is 10.1 Å². The van der Waals surface area contributed by atoms with Crippen LogP contribution in [0.1, 0.15) is 12.8 Å². The molecule has 2 aliphatic heterocycles. The SMILES string of the molecule is CN1CCC(Oc2ccc3cnc(Nc4ccc(S(=O)(=O)N5CCOCC5)cc4)nc3c2)CC1. The van der Waals surface area contributed by atoms with Gasteiger partial charge in [-0.15, -0.1) is 0 Å². The summed E-state index contributed by atoms with van der Waals surface area (Å²) in [5.41, 5.74) is 1.49. The molecule has 10 heteroatoms. The lowest BCUT2D eigenvalue weighted by Crippen LogP contribution is -2.40. The Balaban J connectivity index is 1.28. The topological polar surface area (TPSA) is 96.9 Å². The van der Waals surface area contributed by atoms with Gasteiger partial charge in [0.25, 0.3) is 0 Å². The van der Waals surface area contributed by atoms with E-state index in [9.17, 15) is 8.42 Å². The van der Waals surface area contributed by atoms with E-state index in [2.05, 4.69) is 27.2 Å². The zero-order valence-corrected chi connectivity index (χ0v) is 20.0. The number of hydrogen-bond acceptors (Lipinski definition) is 8. The van der Waals surface area contributed by atoms with Crippen LogP contribution in [0.3, 0.4) is 0 Å². The summed E-state index contributed by atoms with van der Waals surface area (Å²) in [5, 5.41) is 4.09. The number of benzene rings is 2. The van der Waals surface area contributed by atoms with E-state index < -0.39 is 10.0 Å². The van der Waals surface area contributed by atoms with Crippen LogP contribution in [0.5, 0.6) is 5.75 Å². The van der Waals surface area contributed by atoms with Crippen molar-refractivity contribution >= 4 is 32.6 Å². The minimum Gasteiger partial charge on any atom is -0.490 e. The third-order valence-corrected chi connectivity index (χ3v) is 8.15. The lowest BCUT2D eigenvalue weighted by Gasteiger charge is -2.29. The first kappa shape index (κ1) is 23.0. The van der Waals surface area contributed by atoms with Crippen molar-refractivity contribution in [1.82, 2.24) is 19.2 Å². The molecule has 1 aromatic heterocycles. The Labute approximate surface area is 199 Å². The molecule has 0 spiro atoms. The van der Waals surface area contributed by atoms with Crippen molar-refractivity contribution in [1.29, 1.82) is 0 Å². The number of rotatable bonds is 6. The predicted molar refractivity (Wildman–Crippen MR) is 130 cm³/mol. The zero-order valence-electron chi connectivity index (χ0n) is 19.2. The Morgan fingerprint density at radius 1 is 1.03 bits per heavy atom. The molecule has 1 N–H and O–H groups in total. The van der Waals surface area contributed by atoms with Crippen LogP contribution in [0.4, 0.5) is 11.6 Å². The number of fused-ring (bicyclic) bond motifs is 1. The van der Waals surface area contributed by atoms with Crippen LogP contribution in [-0.2, 0) is 14.8 Å². The summed E-state index contributed by atoms with van der Waals surface area (Å²) in [7, 11) is -1.39. The smallest absolute Gasteiger partial charge is 0.243 e. The van der Waals surface area contributed by atoms with Gasteiger partial charge in [-0.1, -0.05) is 0 Å². The molecule has 2 saturated heterocycles. The van der Waals surface area contributed by atoms with Crippen LogP contribution >= 0.6 is 0 Å². The van der Waals surface area contributed by atoms with E-state index in [-0.39, 0.29) is 11.0 Å². The molecule has 0 amide bonds. The lowest BCUT2D eigenvalue weighted by molar-refractivity contribution is 0.0730. The van der Waals surface area contributed by atoms with Gasteiger partial charge in [0.05, 0.1) is 23.6 Å². The van der Waals surface area contributed by atoms with Gasteiger partial charge in [0, 0.05) is 49.5 Å².